The minimum atomic E-state index is -0.549. The Labute approximate surface area is 139 Å². The second-order valence-corrected chi connectivity index (χ2v) is 6.79. The molecule has 1 aromatic heterocycles. The van der Waals surface area contributed by atoms with Crippen LogP contribution in [0.1, 0.15) is 41.0 Å². The first kappa shape index (κ1) is 16.3. The van der Waals surface area contributed by atoms with E-state index in [9.17, 15) is 9.59 Å². The molecule has 23 heavy (non-hydrogen) atoms. The Morgan fingerprint density at radius 2 is 1.87 bits per heavy atom. The van der Waals surface area contributed by atoms with Gasteiger partial charge in [-0.1, -0.05) is 17.3 Å². The fraction of sp³-hybridized carbons (Fsp3) is 0.733. The van der Waals surface area contributed by atoms with Crippen LogP contribution in [0.15, 0.2) is 0 Å². The summed E-state index contributed by atoms with van der Waals surface area (Å²) in [7, 11) is 0. The van der Waals surface area contributed by atoms with Crippen LogP contribution >= 0.6 is 11.5 Å². The molecule has 2 amide bonds. The molecule has 2 saturated heterocycles. The Morgan fingerprint density at radius 3 is 2.52 bits per heavy atom. The van der Waals surface area contributed by atoms with Crippen molar-refractivity contribution < 1.29 is 14.3 Å². The van der Waals surface area contributed by atoms with Gasteiger partial charge >= 0.3 is 0 Å². The molecule has 0 aliphatic carbocycles. The van der Waals surface area contributed by atoms with E-state index < -0.39 is 6.10 Å². The summed E-state index contributed by atoms with van der Waals surface area (Å²) in [6, 6.07) is 0. The second-order valence-electron chi connectivity index (χ2n) is 6.04. The van der Waals surface area contributed by atoms with Gasteiger partial charge in [-0.15, -0.1) is 5.10 Å². The molecule has 1 aromatic rings. The van der Waals surface area contributed by atoms with E-state index in [0.717, 1.165) is 37.5 Å². The van der Waals surface area contributed by atoms with Crippen LogP contribution in [-0.4, -0.2) is 70.1 Å². The second kappa shape index (κ2) is 7.35. The molecule has 8 heteroatoms. The summed E-state index contributed by atoms with van der Waals surface area (Å²) in [5.74, 6) is -0.0852. The van der Waals surface area contributed by atoms with E-state index in [2.05, 4.69) is 9.59 Å². The standard InChI is InChI=1S/C15H22N4O3S/c1-11-13(23-17-16-11)15(21)19-8-9-22-12(10-19)14(20)18-6-4-2-3-5-7-18/h12H,2-10H2,1H3/t12-/m1/s1. The number of carbonyl (C=O) groups is 2. The summed E-state index contributed by atoms with van der Waals surface area (Å²) >= 11 is 1.10. The van der Waals surface area contributed by atoms with E-state index >= 15 is 0 Å². The fourth-order valence-corrected chi connectivity index (χ4v) is 3.67. The smallest absolute Gasteiger partial charge is 0.267 e. The van der Waals surface area contributed by atoms with Crippen molar-refractivity contribution in [1.82, 2.24) is 19.4 Å². The van der Waals surface area contributed by atoms with Crippen LogP contribution in [0.5, 0.6) is 0 Å². The molecule has 0 bridgehead atoms. The van der Waals surface area contributed by atoms with E-state index in [-0.39, 0.29) is 11.8 Å². The number of morpholine rings is 1. The minimum absolute atomic E-state index is 0.0172. The highest BCUT2D eigenvalue weighted by molar-refractivity contribution is 7.07. The molecular formula is C15H22N4O3S. The number of nitrogens with zero attached hydrogens (tertiary/aromatic N) is 4. The first-order chi connectivity index (χ1) is 11.2. The van der Waals surface area contributed by atoms with Crippen molar-refractivity contribution in [3.05, 3.63) is 10.6 Å². The lowest BCUT2D eigenvalue weighted by Gasteiger charge is -2.34. The number of hydrogen-bond donors (Lipinski definition) is 0. The Bertz CT molecular complexity index is 569. The quantitative estimate of drug-likeness (QED) is 0.807. The van der Waals surface area contributed by atoms with Gasteiger partial charge in [0.1, 0.15) is 4.88 Å². The molecule has 0 spiro atoms. The molecule has 126 valence electrons. The van der Waals surface area contributed by atoms with Crippen LogP contribution in [0, 0.1) is 6.92 Å². The van der Waals surface area contributed by atoms with Gasteiger partial charge in [0.15, 0.2) is 6.10 Å². The van der Waals surface area contributed by atoms with Gasteiger partial charge in [-0.2, -0.15) is 0 Å². The summed E-state index contributed by atoms with van der Waals surface area (Å²) in [5, 5.41) is 3.89. The third-order valence-corrected chi connectivity index (χ3v) is 5.21. The average molecular weight is 338 g/mol. The van der Waals surface area contributed by atoms with Gasteiger partial charge in [0.25, 0.3) is 11.8 Å². The number of rotatable bonds is 2. The average Bonchev–Trinajstić information content (AvgIpc) is 2.84. The van der Waals surface area contributed by atoms with Crippen molar-refractivity contribution in [2.75, 3.05) is 32.8 Å². The SMILES string of the molecule is Cc1nnsc1C(=O)N1CCO[C@@H](C(=O)N2CCCCCC2)C1. The molecule has 2 aliphatic heterocycles. The molecule has 0 aromatic carbocycles. The third kappa shape index (κ3) is 3.69. The van der Waals surface area contributed by atoms with Gasteiger partial charge in [0.05, 0.1) is 18.8 Å². The van der Waals surface area contributed by atoms with Gasteiger partial charge in [0.2, 0.25) is 0 Å². The molecule has 2 fully saturated rings. The number of aromatic nitrogens is 2. The van der Waals surface area contributed by atoms with Crippen LogP contribution in [0.3, 0.4) is 0 Å². The number of aryl methyl sites for hydroxylation is 1. The van der Waals surface area contributed by atoms with Gasteiger partial charge in [-0.3, -0.25) is 9.59 Å². The molecule has 0 unspecified atom stereocenters. The molecular weight excluding hydrogens is 316 g/mol. The molecule has 0 N–H and O–H groups in total. The van der Waals surface area contributed by atoms with Gasteiger partial charge in [0, 0.05) is 19.6 Å². The van der Waals surface area contributed by atoms with E-state index in [1.54, 1.807) is 11.8 Å². The summed E-state index contributed by atoms with van der Waals surface area (Å²) in [4.78, 5) is 29.4. The lowest BCUT2D eigenvalue weighted by Crippen LogP contribution is -2.52. The summed E-state index contributed by atoms with van der Waals surface area (Å²) in [6.45, 7) is 4.57. The zero-order valence-electron chi connectivity index (χ0n) is 13.4. The van der Waals surface area contributed by atoms with Gasteiger partial charge in [-0.05, 0) is 31.3 Å². The predicted octanol–water partition coefficient (Wildman–Crippen LogP) is 1.09. The summed E-state index contributed by atoms with van der Waals surface area (Å²) in [6.07, 6.45) is 3.90. The van der Waals surface area contributed by atoms with Crippen LogP contribution in [0.25, 0.3) is 0 Å². The molecule has 0 radical (unpaired) electrons. The molecule has 0 saturated carbocycles. The van der Waals surface area contributed by atoms with Crippen molar-refractivity contribution in [3.63, 3.8) is 0 Å². The number of amides is 2. The minimum Gasteiger partial charge on any atom is -0.365 e. The summed E-state index contributed by atoms with van der Waals surface area (Å²) < 4.78 is 9.46. The first-order valence-corrected chi connectivity index (χ1v) is 8.93. The Balaban J connectivity index is 1.64. The third-order valence-electron chi connectivity index (χ3n) is 4.39. The number of ether oxygens (including phenoxy) is 1. The molecule has 1 atom stereocenters. The maximum atomic E-state index is 12.7. The van der Waals surface area contributed by atoms with Gasteiger partial charge < -0.3 is 14.5 Å². The van der Waals surface area contributed by atoms with Crippen molar-refractivity contribution >= 4 is 23.3 Å². The van der Waals surface area contributed by atoms with Gasteiger partial charge in [-0.25, -0.2) is 0 Å². The highest BCUT2D eigenvalue weighted by Crippen LogP contribution is 2.18. The van der Waals surface area contributed by atoms with Crippen molar-refractivity contribution in [1.29, 1.82) is 0 Å². The largest absolute Gasteiger partial charge is 0.365 e. The zero-order valence-corrected chi connectivity index (χ0v) is 14.2. The Morgan fingerprint density at radius 1 is 1.13 bits per heavy atom. The normalized spacial score (nSPS) is 22.7. The van der Waals surface area contributed by atoms with E-state index in [4.69, 9.17) is 4.74 Å². The molecule has 7 nitrogen and oxygen atoms in total. The van der Waals surface area contributed by atoms with E-state index in [0.29, 0.717) is 30.3 Å². The van der Waals surface area contributed by atoms with Crippen molar-refractivity contribution in [2.45, 2.75) is 38.7 Å². The Kier molecular flexibility index (Phi) is 5.22. The lowest BCUT2D eigenvalue weighted by molar-refractivity contribution is -0.148. The van der Waals surface area contributed by atoms with E-state index in [1.165, 1.54) is 12.8 Å². The number of hydrogen-bond acceptors (Lipinski definition) is 6. The maximum Gasteiger partial charge on any atom is 0.267 e. The fourth-order valence-electron chi connectivity index (χ4n) is 3.05. The molecule has 3 rings (SSSR count). The van der Waals surface area contributed by atoms with Crippen LogP contribution in [-0.2, 0) is 9.53 Å². The molecule has 3 heterocycles. The first-order valence-electron chi connectivity index (χ1n) is 8.15. The highest BCUT2D eigenvalue weighted by Gasteiger charge is 2.33. The number of likely N-dealkylation sites (tertiary alicyclic amines) is 1. The zero-order chi connectivity index (χ0) is 16.2. The lowest BCUT2D eigenvalue weighted by atomic mass is 10.2. The monoisotopic (exact) mass is 338 g/mol. The van der Waals surface area contributed by atoms with Crippen molar-refractivity contribution in [2.24, 2.45) is 0 Å². The predicted molar refractivity (Wildman–Crippen MR) is 85.3 cm³/mol. The van der Waals surface area contributed by atoms with Crippen LogP contribution in [0.4, 0.5) is 0 Å². The summed E-state index contributed by atoms with van der Waals surface area (Å²) in [5.41, 5.74) is 0.641. The van der Waals surface area contributed by atoms with Crippen molar-refractivity contribution in [3.8, 4) is 0 Å². The topological polar surface area (TPSA) is 75.6 Å². The highest BCUT2D eigenvalue weighted by atomic mass is 32.1. The van der Waals surface area contributed by atoms with E-state index in [1.807, 2.05) is 4.90 Å². The Hall–Kier alpha value is -1.54. The number of carbonyl (C=O) groups excluding carboxylic acids is 2. The molecule has 2 aliphatic rings. The van der Waals surface area contributed by atoms with Crippen LogP contribution in [0.2, 0.25) is 0 Å². The van der Waals surface area contributed by atoms with Crippen LogP contribution < -0.4 is 0 Å². The maximum absolute atomic E-state index is 12.7.